The van der Waals surface area contributed by atoms with Gasteiger partial charge in [-0.05, 0) is 17.7 Å². The standard InChI is InChI=1S/C11H10N4O2S3/c1-18-5-9-13-14-11(16-9)20-6-8-12-10(15-17-8)7-2-3-19-4-7/h2-4H,5-6H2,1H3. The molecular formula is C11H10N4O2S3. The first-order valence-electron chi connectivity index (χ1n) is 5.64. The summed E-state index contributed by atoms with van der Waals surface area (Å²) in [6.07, 6.45) is 1.99. The van der Waals surface area contributed by atoms with E-state index in [2.05, 4.69) is 20.3 Å². The molecule has 0 bridgehead atoms. The molecule has 20 heavy (non-hydrogen) atoms. The molecule has 0 saturated carbocycles. The van der Waals surface area contributed by atoms with Crippen molar-refractivity contribution in [1.29, 1.82) is 0 Å². The molecule has 0 saturated heterocycles. The Morgan fingerprint density at radius 3 is 3.00 bits per heavy atom. The summed E-state index contributed by atoms with van der Waals surface area (Å²) in [5.74, 6) is 3.01. The van der Waals surface area contributed by atoms with Crippen LogP contribution in [-0.2, 0) is 11.5 Å². The fraction of sp³-hybridized carbons (Fsp3) is 0.273. The van der Waals surface area contributed by atoms with Gasteiger partial charge < -0.3 is 8.94 Å². The lowest BCUT2D eigenvalue weighted by molar-refractivity contribution is 0.390. The van der Waals surface area contributed by atoms with E-state index in [1.807, 2.05) is 23.1 Å². The van der Waals surface area contributed by atoms with Crippen molar-refractivity contribution in [1.82, 2.24) is 20.3 Å². The maximum atomic E-state index is 5.46. The molecule has 0 fully saturated rings. The molecule has 0 aromatic carbocycles. The second-order valence-corrected chi connectivity index (χ2v) is 6.28. The quantitative estimate of drug-likeness (QED) is 0.638. The largest absolute Gasteiger partial charge is 0.415 e. The number of thioether (sulfide) groups is 2. The highest BCUT2D eigenvalue weighted by atomic mass is 32.2. The smallest absolute Gasteiger partial charge is 0.277 e. The predicted molar refractivity (Wildman–Crippen MR) is 78.7 cm³/mol. The Labute approximate surface area is 127 Å². The Morgan fingerprint density at radius 2 is 2.20 bits per heavy atom. The molecule has 0 aliphatic rings. The molecule has 3 aromatic rings. The van der Waals surface area contributed by atoms with Crippen molar-refractivity contribution in [3.8, 4) is 11.4 Å². The van der Waals surface area contributed by atoms with E-state index in [4.69, 9.17) is 8.94 Å². The number of thiophene rings is 1. The van der Waals surface area contributed by atoms with E-state index in [0.717, 1.165) is 11.3 Å². The summed E-state index contributed by atoms with van der Waals surface area (Å²) in [5, 5.41) is 16.3. The molecule has 0 aliphatic carbocycles. The van der Waals surface area contributed by atoms with Gasteiger partial charge in [-0.15, -0.1) is 10.2 Å². The fourth-order valence-electron chi connectivity index (χ4n) is 1.42. The van der Waals surface area contributed by atoms with Crippen molar-refractivity contribution in [3.63, 3.8) is 0 Å². The number of hydrogen-bond acceptors (Lipinski definition) is 9. The van der Waals surface area contributed by atoms with Crippen LogP contribution in [0.25, 0.3) is 11.4 Å². The van der Waals surface area contributed by atoms with Crippen LogP contribution in [0.15, 0.2) is 31.0 Å². The van der Waals surface area contributed by atoms with E-state index < -0.39 is 0 Å². The number of nitrogens with zero attached hydrogens (tertiary/aromatic N) is 4. The Balaban J connectivity index is 1.60. The van der Waals surface area contributed by atoms with Gasteiger partial charge in [0.2, 0.25) is 17.6 Å². The topological polar surface area (TPSA) is 77.8 Å². The van der Waals surface area contributed by atoms with Crippen molar-refractivity contribution in [2.24, 2.45) is 0 Å². The van der Waals surface area contributed by atoms with Crippen LogP contribution in [-0.4, -0.2) is 26.6 Å². The second-order valence-electron chi connectivity index (χ2n) is 3.71. The highest BCUT2D eigenvalue weighted by Gasteiger charge is 2.12. The first-order valence-corrected chi connectivity index (χ1v) is 8.96. The van der Waals surface area contributed by atoms with Gasteiger partial charge in [0, 0.05) is 10.9 Å². The van der Waals surface area contributed by atoms with E-state index in [9.17, 15) is 0 Å². The van der Waals surface area contributed by atoms with Crippen LogP contribution in [0.3, 0.4) is 0 Å². The second kappa shape index (κ2) is 6.42. The molecular weight excluding hydrogens is 316 g/mol. The SMILES string of the molecule is CSCc1nnc(SCc2nc(-c3ccsc3)no2)o1. The Hall–Kier alpha value is -1.32. The van der Waals surface area contributed by atoms with Gasteiger partial charge in [-0.1, -0.05) is 16.9 Å². The van der Waals surface area contributed by atoms with Crippen LogP contribution in [0.4, 0.5) is 0 Å². The van der Waals surface area contributed by atoms with Gasteiger partial charge in [-0.25, -0.2) is 0 Å². The van der Waals surface area contributed by atoms with E-state index >= 15 is 0 Å². The van der Waals surface area contributed by atoms with Gasteiger partial charge in [0.25, 0.3) is 5.22 Å². The molecule has 0 spiro atoms. The van der Waals surface area contributed by atoms with Gasteiger partial charge >= 0.3 is 0 Å². The summed E-state index contributed by atoms with van der Waals surface area (Å²) >= 11 is 4.63. The van der Waals surface area contributed by atoms with Crippen LogP contribution < -0.4 is 0 Å². The zero-order valence-corrected chi connectivity index (χ0v) is 12.9. The molecule has 6 nitrogen and oxygen atoms in total. The molecule has 0 atom stereocenters. The third kappa shape index (κ3) is 3.22. The van der Waals surface area contributed by atoms with E-state index in [0.29, 0.717) is 28.6 Å². The third-order valence-electron chi connectivity index (χ3n) is 2.28. The van der Waals surface area contributed by atoms with E-state index in [1.165, 1.54) is 11.8 Å². The average Bonchev–Trinajstić information content (AvgIpc) is 3.18. The van der Waals surface area contributed by atoms with Gasteiger partial charge in [0.1, 0.15) is 0 Å². The number of rotatable bonds is 6. The maximum absolute atomic E-state index is 5.46. The lowest BCUT2D eigenvalue weighted by Crippen LogP contribution is -1.81. The van der Waals surface area contributed by atoms with Crippen molar-refractivity contribution < 1.29 is 8.94 Å². The van der Waals surface area contributed by atoms with Crippen LogP contribution >= 0.6 is 34.9 Å². The molecule has 0 aliphatic heterocycles. The van der Waals surface area contributed by atoms with Gasteiger partial charge in [-0.3, -0.25) is 0 Å². The van der Waals surface area contributed by atoms with Gasteiger partial charge in [0.05, 0.1) is 11.5 Å². The van der Waals surface area contributed by atoms with E-state index in [-0.39, 0.29) is 0 Å². The highest BCUT2D eigenvalue weighted by molar-refractivity contribution is 7.98. The highest BCUT2D eigenvalue weighted by Crippen LogP contribution is 2.24. The summed E-state index contributed by atoms with van der Waals surface area (Å²) in [4.78, 5) is 4.33. The van der Waals surface area contributed by atoms with Gasteiger partial charge in [0.15, 0.2) is 0 Å². The Morgan fingerprint density at radius 1 is 1.25 bits per heavy atom. The summed E-state index contributed by atoms with van der Waals surface area (Å²) in [5.41, 5.74) is 0.968. The average molecular weight is 326 g/mol. The summed E-state index contributed by atoms with van der Waals surface area (Å²) in [6.45, 7) is 0. The van der Waals surface area contributed by atoms with Crippen LogP contribution in [0.5, 0.6) is 0 Å². The van der Waals surface area contributed by atoms with Crippen LogP contribution in [0.2, 0.25) is 0 Å². The van der Waals surface area contributed by atoms with Crippen LogP contribution in [0.1, 0.15) is 11.8 Å². The Bertz CT molecular complexity index is 665. The molecule has 0 amide bonds. The minimum Gasteiger partial charge on any atom is -0.415 e. The number of hydrogen-bond donors (Lipinski definition) is 0. The van der Waals surface area contributed by atoms with Crippen molar-refractivity contribution >= 4 is 34.9 Å². The van der Waals surface area contributed by atoms with Crippen molar-refractivity contribution in [3.05, 3.63) is 28.6 Å². The molecule has 104 valence electrons. The minimum absolute atomic E-state index is 0.512. The predicted octanol–water partition coefficient (Wildman–Crippen LogP) is 3.34. The van der Waals surface area contributed by atoms with Crippen molar-refractivity contribution in [2.75, 3.05) is 6.26 Å². The molecule has 3 aromatic heterocycles. The number of aromatic nitrogens is 4. The van der Waals surface area contributed by atoms with Gasteiger partial charge in [-0.2, -0.15) is 28.1 Å². The molecule has 0 radical (unpaired) electrons. The molecule has 3 heterocycles. The third-order valence-corrected chi connectivity index (χ3v) is 4.30. The lowest BCUT2D eigenvalue weighted by Gasteiger charge is -1.90. The van der Waals surface area contributed by atoms with Crippen molar-refractivity contribution in [2.45, 2.75) is 16.7 Å². The normalized spacial score (nSPS) is 11.1. The summed E-state index contributed by atoms with van der Waals surface area (Å²) in [6, 6.07) is 1.96. The molecule has 3 rings (SSSR count). The fourth-order valence-corrected chi connectivity index (χ4v) is 3.04. The Kier molecular flexibility index (Phi) is 4.38. The van der Waals surface area contributed by atoms with E-state index in [1.54, 1.807) is 23.1 Å². The molecule has 0 unspecified atom stereocenters. The van der Waals surface area contributed by atoms with Crippen LogP contribution in [0, 0.1) is 0 Å². The summed E-state index contributed by atoms with van der Waals surface area (Å²) in [7, 11) is 0. The zero-order chi connectivity index (χ0) is 13.8. The first kappa shape index (κ1) is 13.7. The summed E-state index contributed by atoms with van der Waals surface area (Å²) < 4.78 is 10.6. The lowest BCUT2D eigenvalue weighted by atomic mass is 10.3. The first-order chi connectivity index (χ1) is 9.85. The molecule has 9 heteroatoms. The minimum atomic E-state index is 0.512. The molecule has 0 N–H and O–H groups in total. The maximum Gasteiger partial charge on any atom is 0.277 e. The zero-order valence-electron chi connectivity index (χ0n) is 10.5. The monoisotopic (exact) mass is 326 g/mol.